The van der Waals surface area contributed by atoms with Crippen LogP contribution in [0.4, 0.5) is 0 Å². The van der Waals surface area contributed by atoms with E-state index < -0.39 is 0 Å². The molecule has 0 atom stereocenters. The van der Waals surface area contributed by atoms with Gasteiger partial charge in [-0.25, -0.2) is 4.98 Å². The number of carbonyl (C=O) groups is 1. The van der Waals surface area contributed by atoms with Gasteiger partial charge in [0.15, 0.2) is 0 Å². The van der Waals surface area contributed by atoms with Crippen molar-refractivity contribution in [2.75, 3.05) is 0 Å². The monoisotopic (exact) mass is 305 g/mol. The van der Waals surface area contributed by atoms with Crippen molar-refractivity contribution in [3.8, 4) is 0 Å². The highest BCUT2D eigenvalue weighted by Crippen LogP contribution is 2.13. The lowest BCUT2D eigenvalue weighted by Crippen LogP contribution is -2.24. The average Bonchev–Trinajstić information content (AvgIpc) is 3.06. The second-order valence-electron chi connectivity index (χ2n) is 4.34. The van der Waals surface area contributed by atoms with Gasteiger partial charge in [-0.15, -0.1) is 11.3 Å². The van der Waals surface area contributed by atoms with Crippen LogP contribution in [0.15, 0.2) is 41.9 Å². The first-order valence-corrected chi connectivity index (χ1v) is 7.40. The van der Waals surface area contributed by atoms with E-state index in [2.05, 4.69) is 10.3 Å². The third-order valence-corrected chi connectivity index (χ3v) is 4.06. The second-order valence-corrected chi connectivity index (χ2v) is 5.76. The summed E-state index contributed by atoms with van der Waals surface area (Å²) in [6, 6.07) is 9.42. The minimum Gasteiger partial charge on any atom is -0.350 e. The molecule has 20 heavy (non-hydrogen) atoms. The molecule has 0 bridgehead atoms. The number of amides is 1. The zero-order valence-electron chi connectivity index (χ0n) is 10.5. The van der Waals surface area contributed by atoms with E-state index in [1.165, 1.54) is 0 Å². The zero-order chi connectivity index (χ0) is 13.9. The van der Waals surface area contributed by atoms with Gasteiger partial charge in [-0.3, -0.25) is 9.20 Å². The predicted molar refractivity (Wildman–Crippen MR) is 80.1 cm³/mol. The molecule has 4 nitrogen and oxygen atoms in total. The van der Waals surface area contributed by atoms with Crippen LogP contribution >= 0.6 is 22.9 Å². The number of thiophene rings is 1. The van der Waals surface area contributed by atoms with Gasteiger partial charge in [0.1, 0.15) is 10.8 Å². The Kier molecular flexibility index (Phi) is 3.71. The van der Waals surface area contributed by atoms with Crippen molar-refractivity contribution in [2.24, 2.45) is 0 Å². The number of aromatic nitrogens is 2. The molecule has 1 amide bonds. The molecular weight excluding hydrogens is 294 g/mol. The Morgan fingerprint density at radius 3 is 3.00 bits per heavy atom. The van der Waals surface area contributed by atoms with Gasteiger partial charge in [0.2, 0.25) is 5.91 Å². The lowest BCUT2D eigenvalue weighted by Gasteiger charge is -2.01. The van der Waals surface area contributed by atoms with Crippen LogP contribution in [0.1, 0.15) is 10.6 Å². The van der Waals surface area contributed by atoms with Gasteiger partial charge >= 0.3 is 0 Å². The Balaban J connectivity index is 1.65. The number of halogens is 1. The third kappa shape index (κ3) is 2.84. The lowest BCUT2D eigenvalue weighted by atomic mass is 10.3. The lowest BCUT2D eigenvalue weighted by molar-refractivity contribution is -0.120. The molecule has 0 fully saturated rings. The minimum absolute atomic E-state index is 0.00407. The summed E-state index contributed by atoms with van der Waals surface area (Å²) in [7, 11) is 0. The van der Waals surface area contributed by atoms with Gasteiger partial charge in [-0.1, -0.05) is 23.7 Å². The van der Waals surface area contributed by atoms with Crippen molar-refractivity contribution in [3.05, 3.63) is 57.6 Å². The molecule has 0 aliphatic carbocycles. The van der Waals surface area contributed by atoms with Gasteiger partial charge < -0.3 is 5.32 Å². The molecule has 102 valence electrons. The number of rotatable bonds is 4. The summed E-state index contributed by atoms with van der Waals surface area (Å²) in [4.78, 5) is 17.3. The summed E-state index contributed by atoms with van der Waals surface area (Å²) in [5.41, 5.74) is 1.57. The van der Waals surface area contributed by atoms with Crippen LogP contribution in [0.3, 0.4) is 0 Å². The fourth-order valence-corrected chi connectivity index (χ4v) is 2.85. The number of hydrogen-bond acceptors (Lipinski definition) is 3. The number of pyridine rings is 1. The van der Waals surface area contributed by atoms with Crippen LogP contribution in [-0.4, -0.2) is 15.3 Å². The normalized spacial score (nSPS) is 10.8. The highest BCUT2D eigenvalue weighted by atomic mass is 35.5. The quantitative estimate of drug-likeness (QED) is 0.753. The van der Waals surface area contributed by atoms with Crippen LogP contribution in [0, 0.1) is 0 Å². The molecule has 6 heteroatoms. The molecule has 3 rings (SSSR count). The summed E-state index contributed by atoms with van der Waals surface area (Å²) in [5.74, 6) is -0.00407. The Bertz CT molecular complexity index is 736. The van der Waals surface area contributed by atoms with E-state index >= 15 is 0 Å². The largest absolute Gasteiger partial charge is 0.350 e. The molecule has 3 aromatic heterocycles. The maximum absolute atomic E-state index is 11.8. The van der Waals surface area contributed by atoms with Crippen molar-refractivity contribution >= 4 is 34.5 Å². The van der Waals surface area contributed by atoms with Crippen LogP contribution < -0.4 is 5.32 Å². The van der Waals surface area contributed by atoms with Crippen molar-refractivity contribution < 1.29 is 4.79 Å². The van der Waals surface area contributed by atoms with Gasteiger partial charge in [-0.2, -0.15) is 0 Å². The van der Waals surface area contributed by atoms with E-state index in [1.807, 2.05) is 35.8 Å². The van der Waals surface area contributed by atoms with Crippen molar-refractivity contribution in [3.63, 3.8) is 0 Å². The standard InChI is InChI=1S/C14H12ClN3OS/c15-12-4-1-5-13-17-10(9-18(12)13)8-16-14(19)7-11-3-2-6-20-11/h1-6,9H,7-8H2,(H,16,19). The summed E-state index contributed by atoms with van der Waals surface area (Å²) in [6.45, 7) is 0.405. The highest BCUT2D eigenvalue weighted by Gasteiger charge is 2.07. The molecule has 0 radical (unpaired) electrons. The van der Waals surface area contributed by atoms with Crippen LogP contribution in [-0.2, 0) is 17.8 Å². The Hall–Kier alpha value is -1.85. The van der Waals surface area contributed by atoms with E-state index in [4.69, 9.17) is 11.6 Å². The molecule has 0 spiro atoms. The van der Waals surface area contributed by atoms with Crippen LogP contribution in [0.2, 0.25) is 5.15 Å². The Morgan fingerprint density at radius 2 is 2.25 bits per heavy atom. The Morgan fingerprint density at radius 1 is 1.35 bits per heavy atom. The molecular formula is C14H12ClN3OS. The van der Waals surface area contributed by atoms with E-state index in [0.29, 0.717) is 18.1 Å². The molecule has 3 heterocycles. The van der Waals surface area contributed by atoms with Gasteiger partial charge in [-0.05, 0) is 23.6 Å². The topological polar surface area (TPSA) is 46.4 Å². The average molecular weight is 306 g/mol. The second kappa shape index (κ2) is 5.64. The summed E-state index contributed by atoms with van der Waals surface area (Å²) < 4.78 is 1.79. The maximum atomic E-state index is 11.8. The first-order valence-electron chi connectivity index (χ1n) is 6.14. The Labute approximate surface area is 125 Å². The number of imidazole rings is 1. The highest BCUT2D eigenvalue weighted by molar-refractivity contribution is 7.10. The molecule has 0 aromatic carbocycles. The minimum atomic E-state index is -0.00407. The number of hydrogen-bond donors (Lipinski definition) is 1. The third-order valence-electron chi connectivity index (χ3n) is 2.87. The first kappa shape index (κ1) is 13.1. The molecule has 0 saturated heterocycles. The SMILES string of the molecule is O=C(Cc1cccs1)NCc1cn2c(Cl)cccc2n1. The summed E-state index contributed by atoms with van der Waals surface area (Å²) in [6.07, 6.45) is 2.24. The summed E-state index contributed by atoms with van der Waals surface area (Å²) >= 11 is 7.65. The van der Waals surface area contributed by atoms with Crippen LogP contribution in [0.5, 0.6) is 0 Å². The molecule has 3 aromatic rings. The number of nitrogens with one attached hydrogen (secondary N) is 1. The smallest absolute Gasteiger partial charge is 0.225 e. The van der Waals surface area contributed by atoms with E-state index in [1.54, 1.807) is 21.8 Å². The molecule has 0 aliphatic rings. The van der Waals surface area contributed by atoms with E-state index in [9.17, 15) is 4.79 Å². The van der Waals surface area contributed by atoms with Gasteiger partial charge in [0.05, 0.1) is 18.7 Å². The van der Waals surface area contributed by atoms with Gasteiger partial charge in [0.25, 0.3) is 0 Å². The van der Waals surface area contributed by atoms with Crippen molar-refractivity contribution in [1.82, 2.24) is 14.7 Å². The van der Waals surface area contributed by atoms with E-state index in [0.717, 1.165) is 16.2 Å². The van der Waals surface area contributed by atoms with Crippen LogP contribution in [0.25, 0.3) is 5.65 Å². The molecule has 0 saturated carbocycles. The fraction of sp³-hybridized carbons (Fsp3) is 0.143. The molecule has 0 unspecified atom stereocenters. The van der Waals surface area contributed by atoms with Crippen molar-refractivity contribution in [2.45, 2.75) is 13.0 Å². The number of nitrogens with zero attached hydrogens (tertiary/aromatic N) is 2. The summed E-state index contributed by atoms with van der Waals surface area (Å²) in [5, 5.41) is 5.43. The zero-order valence-corrected chi connectivity index (χ0v) is 12.1. The molecule has 1 N–H and O–H groups in total. The predicted octanol–water partition coefficient (Wildman–Crippen LogP) is 2.91. The number of carbonyl (C=O) groups excluding carboxylic acids is 1. The number of fused-ring (bicyclic) bond motifs is 1. The first-order chi connectivity index (χ1) is 9.72. The fourth-order valence-electron chi connectivity index (χ4n) is 1.94. The van der Waals surface area contributed by atoms with E-state index in [-0.39, 0.29) is 5.91 Å². The van der Waals surface area contributed by atoms with Crippen molar-refractivity contribution in [1.29, 1.82) is 0 Å². The van der Waals surface area contributed by atoms with Gasteiger partial charge in [0, 0.05) is 11.1 Å². The maximum Gasteiger partial charge on any atom is 0.225 e. The molecule has 0 aliphatic heterocycles.